The van der Waals surface area contributed by atoms with E-state index < -0.39 is 0 Å². The number of rotatable bonds is 6. The lowest BCUT2D eigenvalue weighted by Crippen LogP contribution is -2.14. The van der Waals surface area contributed by atoms with E-state index in [0.29, 0.717) is 12.4 Å². The Bertz CT molecular complexity index is 825. The molecule has 0 bridgehead atoms. The van der Waals surface area contributed by atoms with E-state index in [-0.39, 0.29) is 5.82 Å². The Morgan fingerprint density at radius 3 is 2.58 bits per heavy atom. The van der Waals surface area contributed by atoms with Crippen molar-refractivity contribution in [3.8, 4) is 5.75 Å². The molecule has 0 saturated carbocycles. The Hall–Kier alpha value is -2.33. The molecule has 0 fully saturated rings. The molecule has 1 aromatic heterocycles. The maximum absolute atomic E-state index is 14.5. The van der Waals surface area contributed by atoms with Crippen molar-refractivity contribution in [1.82, 2.24) is 9.47 Å². The Kier molecular flexibility index (Phi) is 4.86. The number of hydrogen-bond donors (Lipinski definition) is 0. The largest absolute Gasteiger partial charge is 0.486 e. The second kappa shape index (κ2) is 7.05. The molecule has 2 aromatic carbocycles. The molecule has 126 valence electrons. The van der Waals surface area contributed by atoms with Crippen LogP contribution in [0.15, 0.2) is 48.7 Å². The number of benzene rings is 2. The first-order valence-electron chi connectivity index (χ1n) is 8.13. The fourth-order valence-corrected chi connectivity index (χ4v) is 2.85. The molecule has 3 nitrogen and oxygen atoms in total. The Morgan fingerprint density at radius 2 is 1.88 bits per heavy atom. The molecule has 4 heteroatoms. The molecular weight excluding hydrogens is 303 g/mol. The molecule has 3 rings (SSSR count). The van der Waals surface area contributed by atoms with Gasteiger partial charge in [-0.1, -0.05) is 30.3 Å². The summed E-state index contributed by atoms with van der Waals surface area (Å²) in [6.07, 6.45) is 2.97. The zero-order valence-corrected chi connectivity index (χ0v) is 14.4. The third kappa shape index (κ3) is 3.60. The number of hydrogen-bond acceptors (Lipinski definition) is 2. The lowest BCUT2D eigenvalue weighted by atomic mass is 10.1. The van der Waals surface area contributed by atoms with Crippen molar-refractivity contribution in [2.75, 3.05) is 20.6 Å². The predicted octanol–water partition coefficient (Wildman–Crippen LogP) is 4.00. The van der Waals surface area contributed by atoms with Crippen LogP contribution in [0, 0.1) is 5.82 Å². The smallest absolute Gasteiger partial charge is 0.165 e. The molecule has 0 aliphatic rings. The Morgan fingerprint density at radius 1 is 1.12 bits per heavy atom. The van der Waals surface area contributed by atoms with Gasteiger partial charge in [-0.3, -0.25) is 0 Å². The van der Waals surface area contributed by atoms with Gasteiger partial charge < -0.3 is 14.2 Å². The number of likely N-dealkylation sites (N-methyl/N-ethyl adjacent to an activating group) is 1. The second-order valence-electron chi connectivity index (χ2n) is 6.39. The number of aryl methyl sites for hydroxylation is 1. The second-order valence-corrected chi connectivity index (χ2v) is 6.39. The van der Waals surface area contributed by atoms with Crippen LogP contribution < -0.4 is 4.74 Å². The Labute approximate surface area is 142 Å². The van der Waals surface area contributed by atoms with E-state index in [1.165, 1.54) is 0 Å². The van der Waals surface area contributed by atoms with Gasteiger partial charge in [0.25, 0.3) is 0 Å². The quantitative estimate of drug-likeness (QED) is 0.681. The summed E-state index contributed by atoms with van der Waals surface area (Å²) in [5.74, 6) is -0.0116. The van der Waals surface area contributed by atoms with Crippen molar-refractivity contribution in [3.63, 3.8) is 0 Å². The van der Waals surface area contributed by atoms with E-state index in [0.717, 1.165) is 35.0 Å². The fourth-order valence-electron chi connectivity index (χ4n) is 2.85. The standard InChI is InChI=1S/C20H23FN2O/c1-22(2)10-9-16-13-23(3)19-12-20(18(21)11-17(16)19)24-14-15-7-5-4-6-8-15/h4-8,11-13H,9-10,14H2,1-3H3. The zero-order valence-electron chi connectivity index (χ0n) is 14.4. The number of ether oxygens (including phenoxy) is 1. The van der Waals surface area contributed by atoms with Crippen LogP contribution >= 0.6 is 0 Å². The average molecular weight is 326 g/mol. The summed E-state index contributed by atoms with van der Waals surface area (Å²) in [6.45, 7) is 1.30. The van der Waals surface area contributed by atoms with Crippen molar-refractivity contribution in [2.45, 2.75) is 13.0 Å². The molecule has 24 heavy (non-hydrogen) atoms. The lowest BCUT2D eigenvalue weighted by molar-refractivity contribution is 0.291. The normalized spacial score (nSPS) is 11.4. The lowest BCUT2D eigenvalue weighted by Gasteiger charge is -2.10. The third-order valence-electron chi connectivity index (χ3n) is 4.19. The van der Waals surface area contributed by atoms with Gasteiger partial charge in [-0.25, -0.2) is 4.39 Å². The molecule has 1 heterocycles. The number of halogens is 1. The number of aromatic nitrogens is 1. The maximum Gasteiger partial charge on any atom is 0.165 e. The van der Waals surface area contributed by atoms with Gasteiger partial charge in [0, 0.05) is 31.2 Å². The highest BCUT2D eigenvalue weighted by Gasteiger charge is 2.13. The number of nitrogens with zero attached hydrogens (tertiary/aromatic N) is 2. The van der Waals surface area contributed by atoms with E-state index in [9.17, 15) is 4.39 Å². The maximum atomic E-state index is 14.5. The van der Waals surface area contributed by atoms with Crippen LogP contribution in [0.3, 0.4) is 0 Å². The summed E-state index contributed by atoms with van der Waals surface area (Å²) in [6, 6.07) is 13.2. The van der Waals surface area contributed by atoms with Crippen LogP contribution in [0.4, 0.5) is 4.39 Å². The van der Waals surface area contributed by atoms with Crippen LogP contribution in [-0.4, -0.2) is 30.1 Å². The van der Waals surface area contributed by atoms with Crippen molar-refractivity contribution < 1.29 is 9.13 Å². The van der Waals surface area contributed by atoms with Crippen molar-refractivity contribution in [1.29, 1.82) is 0 Å². The first-order chi connectivity index (χ1) is 11.5. The highest BCUT2D eigenvalue weighted by atomic mass is 19.1. The van der Waals surface area contributed by atoms with E-state index in [2.05, 4.69) is 11.1 Å². The van der Waals surface area contributed by atoms with E-state index >= 15 is 0 Å². The molecule has 0 saturated heterocycles. The summed E-state index contributed by atoms with van der Waals surface area (Å²) in [7, 11) is 6.07. The van der Waals surface area contributed by atoms with Gasteiger partial charge in [-0.15, -0.1) is 0 Å². The monoisotopic (exact) mass is 326 g/mol. The highest BCUT2D eigenvalue weighted by Crippen LogP contribution is 2.29. The highest BCUT2D eigenvalue weighted by molar-refractivity contribution is 5.85. The van der Waals surface area contributed by atoms with Crippen LogP contribution in [0.1, 0.15) is 11.1 Å². The molecule has 0 N–H and O–H groups in total. The summed E-state index contributed by atoms with van der Waals surface area (Å²) in [5, 5.41) is 0.962. The first-order valence-corrected chi connectivity index (χ1v) is 8.13. The van der Waals surface area contributed by atoms with Crippen molar-refractivity contribution in [2.24, 2.45) is 7.05 Å². The number of fused-ring (bicyclic) bond motifs is 1. The molecule has 0 amide bonds. The molecular formula is C20H23FN2O. The SMILES string of the molecule is CN(C)CCc1cn(C)c2cc(OCc3ccccc3)c(F)cc12. The van der Waals surface area contributed by atoms with E-state index in [4.69, 9.17) is 4.74 Å². The molecule has 0 aliphatic heterocycles. The fraction of sp³-hybridized carbons (Fsp3) is 0.300. The van der Waals surface area contributed by atoms with E-state index in [1.807, 2.05) is 56.0 Å². The van der Waals surface area contributed by atoms with Crippen LogP contribution in [0.5, 0.6) is 5.75 Å². The molecule has 0 radical (unpaired) electrons. The Balaban J connectivity index is 1.85. The van der Waals surface area contributed by atoms with Crippen LogP contribution in [0.25, 0.3) is 10.9 Å². The predicted molar refractivity (Wildman–Crippen MR) is 95.9 cm³/mol. The summed E-state index contributed by atoms with van der Waals surface area (Å²) < 4.78 is 22.2. The van der Waals surface area contributed by atoms with Crippen molar-refractivity contribution in [3.05, 3.63) is 65.6 Å². The molecule has 0 unspecified atom stereocenters. The van der Waals surface area contributed by atoms with Crippen LogP contribution in [0.2, 0.25) is 0 Å². The minimum atomic E-state index is -0.310. The summed E-state index contributed by atoms with van der Waals surface area (Å²) >= 11 is 0. The van der Waals surface area contributed by atoms with Gasteiger partial charge in [0.05, 0.1) is 5.52 Å². The van der Waals surface area contributed by atoms with Crippen LogP contribution in [-0.2, 0) is 20.1 Å². The molecule has 0 spiro atoms. The topological polar surface area (TPSA) is 17.4 Å². The third-order valence-corrected chi connectivity index (χ3v) is 4.19. The van der Waals surface area contributed by atoms with Gasteiger partial charge in [0.2, 0.25) is 0 Å². The van der Waals surface area contributed by atoms with Gasteiger partial charge in [-0.05, 0) is 37.7 Å². The molecule has 0 atom stereocenters. The van der Waals surface area contributed by atoms with Gasteiger partial charge in [-0.2, -0.15) is 0 Å². The summed E-state index contributed by atoms with van der Waals surface area (Å²) in [4.78, 5) is 2.13. The summed E-state index contributed by atoms with van der Waals surface area (Å²) in [5.41, 5.74) is 3.18. The average Bonchev–Trinajstić information content (AvgIpc) is 2.87. The van der Waals surface area contributed by atoms with Gasteiger partial charge in [0.15, 0.2) is 11.6 Å². The minimum absolute atomic E-state index is 0.298. The van der Waals surface area contributed by atoms with Crippen molar-refractivity contribution >= 4 is 10.9 Å². The molecule has 0 aliphatic carbocycles. The first kappa shape index (κ1) is 16.5. The molecule has 3 aromatic rings. The van der Waals surface area contributed by atoms with Gasteiger partial charge >= 0.3 is 0 Å². The zero-order chi connectivity index (χ0) is 17.1. The van der Waals surface area contributed by atoms with E-state index in [1.54, 1.807) is 12.1 Å². The minimum Gasteiger partial charge on any atom is -0.486 e. The van der Waals surface area contributed by atoms with Gasteiger partial charge in [0.1, 0.15) is 6.61 Å².